The second-order valence-corrected chi connectivity index (χ2v) is 12.1. The molecule has 208 valence electrons. The predicted octanol–water partition coefficient (Wildman–Crippen LogP) is 11.5. The van der Waals surface area contributed by atoms with Crippen molar-refractivity contribution in [3.05, 3.63) is 146 Å². The normalized spacial score (nSPS) is 12.4. The van der Waals surface area contributed by atoms with Gasteiger partial charge in [0.2, 0.25) is 0 Å². The Morgan fingerprint density at radius 3 is 1.89 bits per heavy atom. The summed E-state index contributed by atoms with van der Waals surface area (Å²) in [7, 11) is 0. The molecule has 3 nitrogen and oxygen atoms in total. The second-order valence-electron chi connectivity index (χ2n) is 12.1. The van der Waals surface area contributed by atoms with Crippen molar-refractivity contribution < 1.29 is 4.42 Å². The largest absolute Gasteiger partial charge is 0.455 e. The molecule has 0 spiro atoms. The van der Waals surface area contributed by atoms with Crippen LogP contribution in [-0.4, -0.2) is 8.97 Å². The van der Waals surface area contributed by atoms with Gasteiger partial charge in [-0.1, -0.05) is 109 Å². The van der Waals surface area contributed by atoms with Crippen molar-refractivity contribution in [2.75, 3.05) is 0 Å². The smallest absolute Gasteiger partial charge is 0.143 e. The molecule has 0 N–H and O–H groups in total. The molecule has 0 fully saturated rings. The molecule has 7 aromatic carbocycles. The minimum absolute atomic E-state index is 0.917. The topological polar surface area (TPSA) is 22.5 Å². The summed E-state index contributed by atoms with van der Waals surface area (Å²) in [5.41, 5.74) is 11.4. The van der Waals surface area contributed by atoms with Crippen LogP contribution in [0.1, 0.15) is 0 Å². The molecular weight excluding hydrogens is 548 g/mol. The van der Waals surface area contributed by atoms with Crippen molar-refractivity contribution >= 4 is 81.8 Å². The fourth-order valence-corrected chi connectivity index (χ4v) is 8.00. The zero-order valence-electron chi connectivity index (χ0n) is 24.2. The van der Waals surface area contributed by atoms with E-state index >= 15 is 0 Å². The maximum atomic E-state index is 6.47. The third kappa shape index (κ3) is 2.90. The molecule has 0 unspecified atom stereocenters. The van der Waals surface area contributed by atoms with Gasteiger partial charge in [-0.2, -0.15) is 0 Å². The minimum atomic E-state index is 0.917. The Morgan fingerprint density at radius 1 is 0.422 bits per heavy atom. The van der Waals surface area contributed by atoms with Gasteiger partial charge in [-0.15, -0.1) is 0 Å². The molecule has 11 aromatic rings. The average molecular weight is 573 g/mol. The number of furan rings is 1. The van der Waals surface area contributed by atoms with Crippen LogP contribution in [0.3, 0.4) is 0 Å². The molecule has 0 radical (unpaired) electrons. The number of benzene rings is 7. The summed E-state index contributed by atoms with van der Waals surface area (Å²) < 4.78 is 11.4. The van der Waals surface area contributed by atoms with Crippen LogP contribution in [0.4, 0.5) is 0 Å². The van der Waals surface area contributed by atoms with Gasteiger partial charge >= 0.3 is 0 Å². The van der Waals surface area contributed by atoms with Gasteiger partial charge in [0.15, 0.2) is 0 Å². The Balaban J connectivity index is 1.28. The van der Waals surface area contributed by atoms with Gasteiger partial charge in [-0.25, -0.2) is 0 Å². The van der Waals surface area contributed by atoms with E-state index in [9.17, 15) is 0 Å². The number of fused-ring (bicyclic) bond motifs is 12. The molecule has 0 saturated carbocycles. The molecule has 0 aliphatic rings. The van der Waals surface area contributed by atoms with Crippen LogP contribution in [0, 0.1) is 0 Å². The summed E-state index contributed by atoms with van der Waals surface area (Å²) in [6, 6.07) is 52.7. The molecule has 4 heterocycles. The van der Waals surface area contributed by atoms with E-state index in [1.165, 1.54) is 65.6 Å². The number of nitrogens with zero attached hydrogens (tertiary/aromatic N) is 2. The Hall–Kier alpha value is -6.06. The monoisotopic (exact) mass is 572 g/mol. The van der Waals surface area contributed by atoms with Gasteiger partial charge in [-0.05, 0) is 42.0 Å². The molecular formula is C42H24N2O. The van der Waals surface area contributed by atoms with E-state index in [2.05, 4.69) is 148 Å². The summed E-state index contributed by atoms with van der Waals surface area (Å²) in [5.74, 6) is 0. The van der Waals surface area contributed by atoms with E-state index in [0.29, 0.717) is 0 Å². The number of aromatic nitrogens is 2. The van der Waals surface area contributed by atoms with E-state index in [4.69, 9.17) is 4.42 Å². The zero-order chi connectivity index (χ0) is 29.2. The Kier molecular flexibility index (Phi) is 4.32. The summed E-state index contributed by atoms with van der Waals surface area (Å²) in [4.78, 5) is 0. The van der Waals surface area contributed by atoms with E-state index in [1.807, 2.05) is 6.07 Å². The average Bonchev–Trinajstić information content (AvgIpc) is 3.83. The SMILES string of the molecule is c1ccc2c(c1)oc1c(-c3ccc4c5ccccc5n(-c5ccc6c7ccccc7n7c8ccccc8c5c67)c4c3)cccc12. The molecule has 11 rings (SSSR count). The van der Waals surface area contributed by atoms with Crippen LogP contribution in [0.5, 0.6) is 0 Å². The molecule has 0 bridgehead atoms. The van der Waals surface area contributed by atoms with Crippen LogP contribution >= 0.6 is 0 Å². The molecule has 0 saturated heterocycles. The van der Waals surface area contributed by atoms with Gasteiger partial charge in [0.1, 0.15) is 11.2 Å². The van der Waals surface area contributed by atoms with Gasteiger partial charge in [0, 0.05) is 48.7 Å². The Labute approximate surface area is 257 Å². The second kappa shape index (κ2) is 8.31. The quantitative estimate of drug-likeness (QED) is 0.202. The van der Waals surface area contributed by atoms with Gasteiger partial charge in [0.25, 0.3) is 0 Å². The first kappa shape index (κ1) is 23.4. The van der Waals surface area contributed by atoms with Crippen molar-refractivity contribution in [3.63, 3.8) is 0 Å². The lowest BCUT2D eigenvalue weighted by molar-refractivity contribution is 0.670. The molecule has 0 amide bonds. The highest BCUT2D eigenvalue weighted by Crippen LogP contribution is 2.45. The molecule has 45 heavy (non-hydrogen) atoms. The zero-order valence-corrected chi connectivity index (χ0v) is 24.2. The van der Waals surface area contributed by atoms with Crippen LogP contribution in [0.25, 0.3) is 98.7 Å². The molecule has 4 aromatic heterocycles. The molecule has 3 heteroatoms. The van der Waals surface area contributed by atoms with Gasteiger partial charge in [0.05, 0.1) is 33.3 Å². The fourth-order valence-electron chi connectivity index (χ4n) is 8.00. The number of para-hydroxylation sites is 5. The van der Waals surface area contributed by atoms with Crippen LogP contribution in [0.2, 0.25) is 0 Å². The van der Waals surface area contributed by atoms with Gasteiger partial charge in [-0.3, -0.25) is 0 Å². The Morgan fingerprint density at radius 2 is 1.04 bits per heavy atom. The fraction of sp³-hybridized carbons (Fsp3) is 0. The highest BCUT2D eigenvalue weighted by Gasteiger charge is 2.23. The summed E-state index contributed by atoms with van der Waals surface area (Å²) >= 11 is 0. The van der Waals surface area contributed by atoms with Crippen molar-refractivity contribution in [1.29, 1.82) is 0 Å². The molecule has 0 aliphatic carbocycles. The van der Waals surface area contributed by atoms with Crippen molar-refractivity contribution in [1.82, 2.24) is 8.97 Å². The lowest BCUT2D eigenvalue weighted by atomic mass is 10.0. The first-order chi connectivity index (χ1) is 22.3. The highest BCUT2D eigenvalue weighted by atomic mass is 16.3. The van der Waals surface area contributed by atoms with E-state index in [-0.39, 0.29) is 0 Å². The van der Waals surface area contributed by atoms with Crippen molar-refractivity contribution in [2.24, 2.45) is 0 Å². The Bertz CT molecular complexity index is 2990. The highest BCUT2D eigenvalue weighted by molar-refractivity contribution is 6.26. The maximum absolute atomic E-state index is 6.47. The number of rotatable bonds is 2. The number of hydrogen-bond acceptors (Lipinski definition) is 1. The minimum Gasteiger partial charge on any atom is -0.455 e. The molecule has 0 aliphatic heterocycles. The maximum Gasteiger partial charge on any atom is 0.143 e. The van der Waals surface area contributed by atoms with Crippen LogP contribution in [-0.2, 0) is 0 Å². The van der Waals surface area contributed by atoms with Crippen molar-refractivity contribution in [3.8, 4) is 16.8 Å². The summed E-state index contributed by atoms with van der Waals surface area (Å²) in [6.45, 7) is 0. The van der Waals surface area contributed by atoms with E-state index in [0.717, 1.165) is 33.1 Å². The summed E-state index contributed by atoms with van der Waals surface area (Å²) in [5, 5.41) is 9.92. The lowest BCUT2D eigenvalue weighted by Gasteiger charge is -2.12. The van der Waals surface area contributed by atoms with E-state index in [1.54, 1.807) is 0 Å². The van der Waals surface area contributed by atoms with Crippen LogP contribution < -0.4 is 0 Å². The number of hydrogen-bond donors (Lipinski definition) is 0. The first-order valence-corrected chi connectivity index (χ1v) is 15.5. The molecule has 0 atom stereocenters. The van der Waals surface area contributed by atoms with Gasteiger partial charge < -0.3 is 13.4 Å². The predicted molar refractivity (Wildman–Crippen MR) is 188 cm³/mol. The lowest BCUT2D eigenvalue weighted by Crippen LogP contribution is -1.95. The third-order valence-electron chi connectivity index (χ3n) is 9.86. The summed E-state index contributed by atoms with van der Waals surface area (Å²) in [6.07, 6.45) is 0. The van der Waals surface area contributed by atoms with Crippen molar-refractivity contribution in [2.45, 2.75) is 0 Å². The third-order valence-corrected chi connectivity index (χ3v) is 9.86. The standard InChI is InChI=1S/C42H24N2O/c1-5-16-34-27(10-1)29-21-20-25(26-14-9-15-32-30-12-4-8-19-39(30)45-42(26)32)24-38(29)43(34)37-23-22-31-28-11-2-6-17-35(28)44-36-18-7-3-13-33(36)40(37)41(31)44/h1-24H. The first-order valence-electron chi connectivity index (χ1n) is 15.5. The van der Waals surface area contributed by atoms with Crippen LogP contribution in [0.15, 0.2) is 150 Å². The van der Waals surface area contributed by atoms with E-state index < -0.39 is 0 Å².